The minimum atomic E-state index is 0.779. The van der Waals surface area contributed by atoms with Crippen molar-refractivity contribution in [3.8, 4) is 10.6 Å². The number of rotatable bonds is 2. The van der Waals surface area contributed by atoms with Crippen LogP contribution in [0.25, 0.3) is 20.8 Å². The van der Waals surface area contributed by atoms with Crippen LogP contribution >= 0.6 is 11.3 Å². The number of aryl methyl sites for hydroxylation is 1. The molecule has 18 heavy (non-hydrogen) atoms. The molecule has 3 aromatic rings. The number of nitrogen functional groups attached to an aromatic ring is 1. The Morgan fingerprint density at radius 1 is 1.17 bits per heavy atom. The summed E-state index contributed by atoms with van der Waals surface area (Å²) in [7, 11) is 0. The number of benzene rings is 2. The zero-order chi connectivity index (χ0) is 12.5. The molecule has 2 nitrogen and oxygen atoms in total. The summed E-state index contributed by atoms with van der Waals surface area (Å²) < 4.78 is 1.24. The summed E-state index contributed by atoms with van der Waals surface area (Å²) in [5.74, 6) is 0. The molecule has 0 aliphatic carbocycles. The van der Waals surface area contributed by atoms with Crippen molar-refractivity contribution in [2.45, 2.75) is 13.3 Å². The van der Waals surface area contributed by atoms with Gasteiger partial charge in [-0.25, -0.2) is 4.98 Å². The van der Waals surface area contributed by atoms with Crippen molar-refractivity contribution in [1.29, 1.82) is 0 Å². The van der Waals surface area contributed by atoms with Crippen molar-refractivity contribution in [2.75, 3.05) is 5.73 Å². The monoisotopic (exact) mass is 254 g/mol. The highest BCUT2D eigenvalue weighted by Crippen LogP contribution is 2.31. The summed E-state index contributed by atoms with van der Waals surface area (Å²) in [6.45, 7) is 2.17. The van der Waals surface area contributed by atoms with Gasteiger partial charge in [0.1, 0.15) is 5.01 Å². The smallest absolute Gasteiger partial charge is 0.124 e. The lowest BCUT2D eigenvalue weighted by Crippen LogP contribution is -1.84. The molecule has 1 heterocycles. The Labute approximate surface area is 110 Å². The van der Waals surface area contributed by atoms with Crippen LogP contribution < -0.4 is 5.73 Å². The molecule has 3 rings (SSSR count). The van der Waals surface area contributed by atoms with Gasteiger partial charge in [0.15, 0.2) is 0 Å². The Kier molecular flexibility index (Phi) is 2.76. The Morgan fingerprint density at radius 2 is 2.06 bits per heavy atom. The van der Waals surface area contributed by atoms with Crippen molar-refractivity contribution < 1.29 is 0 Å². The fourth-order valence-corrected chi connectivity index (χ4v) is 3.01. The lowest BCUT2D eigenvalue weighted by Gasteiger charge is -1.96. The number of anilines is 1. The van der Waals surface area contributed by atoms with Gasteiger partial charge < -0.3 is 5.73 Å². The van der Waals surface area contributed by atoms with Crippen molar-refractivity contribution >= 4 is 27.2 Å². The van der Waals surface area contributed by atoms with Crippen LogP contribution in [-0.4, -0.2) is 4.98 Å². The number of nitrogens with zero attached hydrogens (tertiary/aromatic N) is 1. The zero-order valence-corrected chi connectivity index (χ0v) is 11.0. The number of hydrogen-bond acceptors (Lipinski definition) is 3. The Hall–Kier alpha value is -1.87. The van der Waals surface area contributed by atoms with Crippen LogP contribution in [0.5, 0.6) is 0 Å². The second kappa shape index (κ2) is 4.42. The van der Waals surface area contributed by atoms with Crippen LogP contribution in [0.4, 0.5) is 5.69 Å². The molecule has 2 aromatic carbocycles. The van der Waals surface area contributed by atoms with Gasteiger partial charge in [-0.2, -0.15) is 0 Å². The van der Waals surface area contributed by atoms with Gasteiger partial charge in [-0.1, -0.05) is 25.1 Å². The van der Waals surface area contributed by atoms with Crippen LogP contribution in [0.3, 0.4) is 0 Å². The van der Waals surface area contributed by atoms with E-state index in [0.717, 1.165) is 28.2 Å². The molecule has 0 atom stereocenters. The highest BCUT2D eigenvalue weighted by Gasteiger charge is 2.06. The molecule has 2 N–H and O–H groups in total. The molecule has 0 unspecified atom stereocenters. The molecule has 0 amide bonds. The third-order valence-corrected chi connectivity index (χ3v) is 4.06. The number of aromatic nitrogens is 1. The van der Waals surface area contributed by atoms with E-state index in [1.54, 1.807) is 11.3 Å². The predicted molar refractivity (Wildman–Crippen MR) is 78.8 cm³/mol. The van der Waals surface area contributed by atoms with Gasteiger partial charge >= 0.3 is 0 Å². The second-order valence-electron chi connectivity index (χ2n) is 4.30. The van der Waals surface area contributed by atoms with E-state index in [9.17, 15) is 0 Å². The van der Waals surface area contributed by atoms with Crippen LogP contribution in [0.1, 0.15) is 12.5 Å². The topological polar surface area (TPSA) is 38.9 Å². The SMILES string of the molecule is CCc1ccc2nc(-c3cccc(N)c3)sc2c1. The van der Waals surface area contributed by atoms with Crippen LogP contribution in [0.2, 0.25) is 0 Å². The Bertz CT molecular complexity index is 701. The van der Waals surface area contributed by atoms with Gasteiger partial charge in [-0.3, -0.25) is 0 Å². The maximum Gasteiger partial charge on any atom is 0.124 e. The molecule has 0 saturated carbocycles. The fraction of sp³-hybridized carbons (Fsp3) is 0.133. The minimum Gasteiger partial charge on any atom is -0.399 e. The molecular formula is C15H14N2S. The van der Waals surface area contributed by atoms with Crippen molar-refractivity contribution in [1.82, 2.24) is 4.98 Å². The summed E-state index contributed by atoms with van der Waals surface area (Å²) in [4.78, 5) is 4.66. The fourth-order valence-electron chi connectivity index (χ4n) is 1.98. The van der Waals surface area contributed by atoms with Crippen molar-refractivity contribution in [3.63, 3.8) is 0 Å². The molecule has 0 radical (unpaired) electrons. The van der Waals surface area contributed by atoms with Gasteiger partial charge in [0.2, 0.25) is 0 Å². The van der Waals surface area contributed by atoms with Gasteiger partial charge in [0.25, 0.3) is 0 Å². The maximum absolute atomic E-state index is 5.81. The molecular weight excluding hydrogens is 240 g/mol. The molecule has 1 aromatic heterocycles. The van der Waals surface area contributed by atoms with E-state index in [-0.39, 0.29) is 0 Å². The molecule has 0 saturated heterocycles. The molecule has 0 fully saturated rings. The summed E-state index contributed by atoms with van der Waals surface area (Å²) >= 11 is 1.72. The van der Waals surface area contributed by atoms with Gasteiger partial charge in [-0.15, -0.1) is 11.3 Å². The summed E-state index contributed by atoms with van der Waals surface area (Å²) in [5.41, 5.74) is 10.1. The molecule has 90 valence electrons. The molecule has 0 bridgehead atoms. The number of nitrogens with two attached hydrogens (primary N) is 1. The molecule has 0 aliphatic rings. The molecule has 0 aliphatic heterocycles. The zero-order valence-electron chi connectivity index (χ0n) is 10.2. The highest BCUT2D eigenvalue weighted by atomic mass is 32.1. The van der Waals surface area contributed by atoms with E-state index < -0.39 is 0 Å². The van der Waals surface area contributed by atoms with Crippen molar-refractivity contribution in [2.24, 2.45) is 0 Å². The first-order valence-electron chi connectivity index (χ1n) is 6.01. The standard InChI is InChI=1S/C15H14N2S/c1-2-10-6-7-13-14(8-10)18-15(17-13)11-4-3-5-12(16)9-11/h3-9H,2,16H2,1H3. The van der Waals surface area contributed by atoms with Gasteiger partial charge in [0.05, 0.1) is 10.2 Å². The quantitative estimate of drug-likeness (QED) is 0.699. The van der Waals surface area contributed by atoms with E-state index in [0.29, 0.717) is 0 Å². The average molecular weight is 254 g/mol. The van der Waals surface area contributed by atoms with Crippen molar-refractivity contribution in [3.05, 3.63) is 48.0 Å². The maximum atomic E-state index is 5.81. The first-order valence-corrected chi connectivity index (χ1v) is 6.83. The third-order valence-electron chi connectivity index (χ3n) is 2.99. The van der Waals surface area contributed by atoms with Gasteiger partial charge in [0, 0.05) is 11.3 Å². The van der Waals surface area contributed by atoms with Crippen LogP contribution in [-0.2, 0) is 6.42 Å². The predicted octanol–water partition coefficient (Wildman–Crippen LogP) is 4.11. The Morgan fingerprint density at radius 3 is 2.83 bits per heavy atom. The van der Waals surface area contributed by atoms with E-state index in [4.69, 9.17) is 5.73 Å². The Balaban J connectivity index is 2.13. The van der Waals surface area contributed by atoms with Crippen LogP contribution in [0.15, 0.2) is 42.5 Å². The van der Waals surface area contributed by atoms with E-state index in [1.165, 1.54) is 10.3 Å². The van der Waals surface area contributed by atoms with E-state index in [1.807, 2.05) is 18.2 Å². The van der Waals surface area contributed by atoms with E-state index >= 15 is 0 Å². The normalized spacial score (nSPS) is 10.9. The molecule has 0 spiro atoms. The first-order chi connectivity index (χ1) is 8.76. The lowest BCUT2D eigenvalue weighted by atomic mass is 10.2. The minimum absolute atomic E-state index is 0.779. The number of thiazole rings is 1. The molecule has 3 heteroatoms. The number of hydrogen-bond donors (Lipinski definition) is 1. The number of fused-ring (bicyclic) bond motifs is 1. The summed E-state index contributed by atoms with van der Waals surface area (Å²) in [5, 5.41) is 1.03. The average Bonchev–Trinajstić information content (AvgIpc) is 2.81. The lowest BCUT2D eigenvalue weighted by molar-refractivity contribution is 1.15. The third kappa shape index (κ3) is 1.97. The first kappa shape index (κ1) is 11.2. The van der Waals surface area contributed by atoms with E-state index in [2.05, 4.69) is 36.2 Å². The second-order valence-corrected chi connectivity index (χ2v) is 5.33. The summed E-state index contributed by atoms with van der Waals surface area (Å²) in [6.07, 6.45) is 1.06. The largest absolute Gasteiger partial charge is 0.399 e. The van der Waals surface area contributed by atoms with Gasteiger partial charge in [-0.05, 0) is 36.2 Å². The summed E-state index contributed by atoms with van der Waals surface area (Å²) in [6, 6.07) is 14.3. The van der Waals surface area contributed by atoms with Crippen LogP contribution in [0, 0.1) is 0 Å². The highest BCUT2D eigenvalue weighted by molar-refractivity contribution is 7.21.